The standard InChI is InChI=1S/C23H21BrFNO/c1-23(17-6-8-18(24)9-7-17)22-11-10-21(27-2)14-16(22)12-13-26(23)20-5-3-4-19(25)15-20/h3-11,14-15H,12-13H2,1-2H3. The van der Waals surface area contributed by atoms with Gasteiger partial charge in [0.1, 0.15) is 11.6 Å². The van der Waals surface area contributed by atoms with Crippen LogP contribution in [0.4, 0.5) is 10.1 Å². The first-order valence-electron chi connectivity index (χ1n) is 8.99. The van der Waals surface area contributed by atoms with Crippen molar-refractivity contribution in [2.24, 2.45) is 0 Å². The zero-order valence-electron chi connectivity index (χ0n) is 15.4. The Balaban J connectivity index is 1.93. The van der Waals surface area contributed by atoms with Crippen LogP contribution in [-0.2, 0) is 12.0 Å². The van der Waals surface area contributed by atoms with Crippen LogP contribution in [0.15, 0.2) is 71.2 Å². The van der Waals surface area contributed by atoms with Gasteiger partial charge in [0.05, 0.1) is 12.6 Å². The number of fused-ring (bicyclic) bond motifs is 1. The van der Waals surface area contributed by atoms with E-state index >= 15 is 0 Å². The third-order valence-electron chi connectivity index (χ3n) is 5.51. The van der Waals surface area contributed by atoms with E-state index in [1.54, 1.807) is 19.2 Å². The molecule has 0 aliphatic carbocycles. The van der Waals surface area contributed by atoms with Gasteiger partial charge in [-0.05, 0) is 72.5 Å². The summed E-state index contributed by atoms with van der Waals surface area (Å²) < 4.78 is 20.4. The lowest BCUT2D eigenvalue weighted by Crippen LogP contribution is -2.49. The molecular formula is C23H21BrFNO. The maximum absolute atomic E-state index is 14.0. The maximum atomic E-state index is 14.0. The number of hydrogen-bond acceptors (Lipinski definition) is 2. The van der Waals surface area contributed by atoms with E-state index in [1.807, 2.05) is 12.1 Å². The Morgan fingerprint density at radius 3 is 2.52 bits per heavy atom. The van der Waals surface area contributed by atoms with Gasteiger partial charge in [-0.15, -0.1) is 0 Å². The van der Waals surface area contributed by atoms with Crippen LogP contribution in [0.1, 0.15) is 23.6 Å². The lowest BCUT2D eigenvalue weighted by molar-refractivity contribution is 0.411. The molecule has 138 valence electrons. The van der Waals surface area contributed by atoms with E-state index in [4.69, 9.17) is 4.74 Å². The van der Waals surface area contributed by atoms with E-state index < -0.39 is 5.54 Å². The third kappa shape index (κ3) is 3.12. The lowest BCUT2D eigenvalue weighted by atomic mass is 9.76. The van der Waals surface area contributed by atoms with Crippen LogP contribution in [0, 0.1) is 5.82 Å². The number of benzene rings is 3. The predicted octanol–water partition coefficient (Wildman–Crippen LogP) is 5.92. The molecule has 0 saturated heterocycles. The van der Waals surface area contributed by atoms with E-state index in [-0.39, 0.29) is 5.82 Å². The first-order chi connectivity index (χ1) is 13.0. The molecule has 0 aromatic heterocycles. The van der Waals surface area contributed by atoms with E-state index in [0.717, 1.165) is 28.9 Å². The number of methoxy groups -OCH3 is 1. The Bertz CT molecular complexity index is 972. The molecule has 0 radical (unpaired) electrons. The average molecular weight is 426 g/mol. The Morgan fingerprint density at radius 2 is 1.81 bits per heavy atom. The summed E-state index contributed by atoms with van der Waals surface area (Å²) in [6, 6.07) is 21.5. The first-order valence-corrected chi connectivity index (χ1v) is 9.78. The van der Waals surface area contributed by atoms with Crippen molar-refractivity contribution in [2.75, 3.05) is 18.6 Å². The van der Waals surface area contributed by atoms with E-state index in [2.05, 4.69) is 64.2 Å². The molecule has 4 heteroatoms. The summed E-state index contributed by atoms with van der Waals surface area (Å²) in [4.78, 5) is 2.30. The molecule has 3 aromatic carbocycles. The van der Waals surface area contributed by atoms with Crippen LogP contribution in [0.2, 0.25) is 0 Å². The smallest absolute Gasteiger partial charge is 0.125 e. The molecule has 0 amide bonds. The van der Waals surface area contributed by atoms with Crippen molar-refractivity contribution in [3.63, 3.8) is 0 Å². The molecule has 1 aliphatic heterocycles. The Labute approximate surface area is 167 Å². The first kappa shape index (κ1) is 18.1. The van der Waals surface area contributed by atoms with Crippen molar-refractivity contribution in [1.82, 2.24) is 0 Å². The molecule has 0 fully saturated rings. The Kier molecular flexibility index (Phi) is 4.68. The zero-order valence-corrected chi connectivity index (χ0v) is 17.0. The fraction of sp³-hybridized carbons (Fsp3) is 0.217. The minimum atomic E-state index is -0.408. The Morgan fingerprint density at radius 1 is 1.04 bits per heavy atom. The highest BCUT2D eigenvalue weighted by Crippen LogP contribution is 2.44. The summed E-state index contributed by atoms with van der Waals surface area (Å²) >= 11 is 3.53. The van der Waals surface area contributed by atoms with Crippen molar-refractivity contribution in [1.29, 1.82) is 0 Å². The number of hydrogen-bond donors (Lipinski definition) is 0. The quantitative estimate of drug-likeness (QED) is 0.515. The van der Waals surface area contributed by atoms with Gasteiger partial charge < -0.3 is 9.64 Å². The van der Waals surface area contributed by atoms with Gasteiger partial charge in [0.15, 0.2) is 0 Å². The molecule has 0 N–H and O–H groups in total. The number of nitrogens with zero attached hydrogens (tertiary/aromatic N) is 1. The highest BCUT2D eigenvalue weighted by Gasteiger charge is 2.40. The minimum Gasteiger partial charge on any atom is -0.497 e. The monoisotopic (exact) mass is 425 g/mol. The fourth-order valence-electron chi connectivity index (χ4n) is 4.10. The second kappa shape index (κ2) is 7.01. The van der Waals surface area contributed by atoms with Gasteiger partial charge in [-0.1, -0.05) is 40.2 Å². The van der Waals surface area contributed by atoms with Crippen molar-refractivity contribution in [3.05, 3.63) is 93.7 Å². The molecule has 1 aliphatic rings. The Hall–Kier alpha value is -2.33. The van der Waals surface area contributed by atoms with Crippen LogP contribution < -0.4 is 9.64 Å². The predicted molar refractivity (Wildman–Crippen MR) is 111 cm³/mol. The third-order valence-corrected chi connectivity index (χ3v) is 6.04. The number of anilines is 1. The fourth-order valence-corrected chi connectivity index (χ4v) is 4.36. The topological polar surface area (TPSA) is 12.5 Å². The molecule has 0 saturated carbocycles. The summed E-state index contributed by atoms with van der Waals surface area (Å²) in [5.41, 5.74) is 4.14. The molecule has 3 aromatic rings. The molecule has 27 heavy (non-hydrogen) atoms. The van der Waals surface area contributed by atoms with E-state index in [0.29, 0.717) is 0 Å². The molecule has 1 atom stereocenters. The van der Waals surface area contributed by atoms with Crippen LogP contribution >= 0.6 is 15.9 Å². The zero-order chi connectivity index (χ0) is 19.0. The second-order valence-electron chi connectivity index (χ2n) is 6.98. The second-order valence-corrected chi connectivity index (χ2v) is 7.90. The largest absolute Gasteiger partial charge is 0.497 e. The van der Waals surface area contributed by atoms with Crippen LogP contribution in [0.25, 0.3) is 0 Å². The molecular weight excluding hydrogens is 405 g/mol. The van der Waals surface area contributed by atoms with Gasteiger partial charge in [0.2, 0.25) is 0 Å². The number of halogens is 2. The van der Waals surface area contributed by atoms with Crippen molar-refractivity contribution < 1.29 is 9.13 Å². The van der Waals surface area contributed by atoms with Gasteiger partial charge in [-0.2, -0.15) is 0 Å². The minimum absolute atomic E-state index is 0.216. The molecule has 0 spiro atoms. The molecule has 4 rings (SSSR count). The van der Waals surface area contributed by atoms with Gasteiger partial charge in [-0.3, -0.25) is 0 Å². The molecule has 2 nitrogen and oxygen atoms in total. The van der Waals surface area contributed by atoms with E-state index in [1.165, 1.54) is 22.8 Å². The van der Waals surface area contributed by atoms with Crippen molar-refractivity contribution in [3.8, 4) is 5.75 Å². The molecule has 0 bridgehead atoms. The van der Waals surface area contributed by atoms with Gasteiger partial charge in [0.25, 0.3) is 0 Å². The lowest BCUT2D eigenvalue weighted by Gasteiger charge is -2.48. The van der Waals surface area contributed by atoms with Crippen molar-refractivity contribution in [2.45, 2.75) is 18.9 Å². The summed E-state index contributed by atoms with van der Waals surface area (Å²) in [5, 5.41) is 0. The van der Waals surface area contributed by atoms with Crippen molar-refractivity contribution >= 4 is 21.6 Å². The van der Waals surface area contributed by atoms with Crippen LogP contribution in [0.5, 0.6) is 5.75 Å². The highest BCUT2D eigenvalue weighted by atomic mass is 79.9. The summed E-state index contributed by atoms with van der Waals surface area (Å²) in [6.07, 6.45) is 0.884. The highest BCUT2D eigenvalue weighted by molar-refractivity contribution is 9.10. The normalized spacial score (nSPS) is 18.9. The number of ether oxygens (including phenoxy) is 1. The average Bonchev–Trinajstić information content (AvgIpc) is 2.68. The molecule has 1 heterocycles. The summed E-state index contributed by atoms with van der Waals surface area (Å²) in [6.45, 7) is 3.02. The number of rotatable bonds is 3. The SMILES string of the molecule is COc1ccc2c(c1)CCN(c1cccc(F)c1)C2(C)c1ccc(Br)cc1. The maximum Gasteiger partial charge on any atom is 0.125 e. The summed E-state index contributed by atoms with van der Waals surface area (Å²) in [5.74, 6) is 0.650. The molecule has 1 unspecified atom stereocenters. The van der Waals surface area contributed by atoms with Gasteiger partial charge in [-0.25, -0.2) is 4.39 Å². The van der Waals surface area contributed by atoms with Crippen LogP contribution in [0.3, 0.4) is 0 Å². The van der Waals surface area contributed by atoms with Crippen LogP contribution in [-0.4, -0.2) is 13.7 Å². The summed E-state index contributed by atoms with van der Waals surface area (Å²) in [7, 11) is 1.69. The van der Waals surface area contributed by atoms with Gasteiger partial charge in [0, 0.05) is 16.7 Å². The van der Waals surface area contributed by atoms with E-state index in [9.17, 15) is 4.39 Å². The van der Waals surface area contributed by atoms with Gasteiger partial charge >= 0.3 is 0 Å².